The van der Waals surface area contributed by atoms with Crippen LogP contribution in [-0.4, -0.2) is 83.8 Å². The molecule has 1 saturated heterocycles. The predicted molar refractivity (Wildman–Crippen MR) is 88.0 cm³/mol. The van der Waals surface area contributed by atoms with Crippen molar-refractivity contribution in [2.24, 2.45) is 0 Å². The summed E-state index contributed by atoms with van der Waals surface area (Å²) < 4.78 is 5.17. The van der Waals surface area contributed by atoms with E-state index in [4.69, 9.17) is 4.74 Å². The first kappa shape index (κ1) is 19.9. The van der Waals surface area contributed by atoms with Crippen LogP contribution in [0.5, 0.6) is 0 Å². The lowest BCUT2D eigenvalue weighted by Crippen LogP contribution is -2.55. The van der Waals surface area contributed by atoms with Crippen molar-refractivity contribution >= 4 is 11.9 Å². The number of esters is 1. The topological polar surface area (TPSA) is 82.1 Å². The normalized spacial score (nSPS) is 21.3. The number of likely N-dealkylation sites (N-methyl/N-ethyl adjacent to an activating group) is 1. The molecule has 7 nitrogen and oxygen atoms in total. The average molecular weight is 329 g/mol. The highest BCUT2D eigenvalue weighted by Gasteiger charge is 2.36. The molecule has 7 heteroatoms. The molecule has 0 aromatic carbocycles. The summed E-state index contributed by atoms with van der Waals surface area (Å²) in [5.41, 5.74) is -2.43. The van der Waals surface area contributed by atoms with E-state index >= 15 is 0 Å². The Kier molecular flexibility index (Phi) is 6.56. The number of ether oxygens (including phenoxy) is 1. The Morgan fingerprint density at radius 3 is 2.17 bits per heavy atom. The number of nitrogens with zero attached hydrogens (tertiary/aromatic N) is 2. The number of piperazine rings is 1. The van der Waals surface area contributed by atoms with Crippen LogP contribution >= 0.6 is 0 Å². The molecule has 1 aliphatic rings. The van der Waals surface area contributed by atoms with E-state index in [1.807, 2.05) is 6.92 Å². The zero-order valence-corrected chi connectivity index (χ0v) is 15.2. The van der Waals surface area contributed by atoms with Crippen molar-refractivity contribution in [1.82, 2.24) is 15.1 Å². The van der Waals surface area contributed by atoms with Gasteiger partial charge in [-0.3, -0.25) is 9.69 Å². The number of amides is 1. The van der Waals surface area contributed by atoms with Gasteiger partial charge in [-0.15, -0.1) is 0 Å². The van der Waals surface area contributed by atoms with Crippen LogP contribution in [0, 0.1) is 0 Å². The molecule has 2 N–H and O–H groups in total. The summed E-state index contributed by atoms with van der Waals surface area (Å²) in [5.74, 6) is -0.934. The van der Waals surface area contributed by atoms with Crippen molar-refractivity contribution in [3.63, 3.8) is 0 Å². The van der Waals surface area contributed by atoms with Gasteiger partial charge in [-0.1, -0.05) is 0 Å². The minimum absolute atomic E-state index is 0.168. The first-order valence-electron chi connectivity index (χ1n) is 8.08. The van der Waals surface area contributed by atoms with E-state index in [9.17, 15) is 14.7 Å². The number of carbonyl (C=O) groups is 2. The second-order valence-electron chi connectivity index (χ2n) is 7.51. The third kappa shape index (κ3) is 6.45. The van der Waals surface area contributed by atoms with Gasteiger partial charge in [0.25, 0.3) is 0 Å². The third-order valence-corrected chi connectivity index (χ3v) is 3.91. The fourth-order valence-electron chi connectivity index (χ4n) is 2.24. The van der Waals surface area contributed by atoms with Crippen LogP contribution in [0.25, 0.3) is 0 Å². The zero-order chi connectivity index (χ0) is 17.8. The third-order valence-electron chi connectivity index (χ3n) is 3.91. The van der Waals surface area contributed by atoms with Gasteiger partial charge < -0.3 is 20.1 Å². The number of aliphatic hydroxyl groups is 1. The Hall–Kier alpha value is -1.18. The van der Waals surface area contributed by atoms with Gasteiger partial charge in [0.05, 0.1) is 12.6 Å². The monoisotopic (exact) mass is 329 g/mol. The van der Waals surface area contributed by atoms with Crippen LogP contribution in [0.2, 0.25) is 0 Å². The highest BCUT2D eigenvalue weighted by atomic mass is 16.6. The fraction of sp³-hybridized carbons (Fsp3) is 0.875. The molecule has 1 rings (SSSR count). The van der Waals surface area contributed by atoms with Gasteiger partial charge >= 0.3 is 5.97 Å². The van der Waals surface area contributed by atoms with Gasteiger partial charge in [0.1, 0.15) is 5.60 Å². The van der Waals surface area contributed by atoms with E-state index in [0.717, 1.165) is 26.2 Å². The lowest BCUT2D eigenvalue weighted by atomic mass is 10.1. The molecule has 0 spiro atoms. The second-order valence-corrected chi connectivity index (χ2v) is 7.51. The van der Waals surface area contributed by atoms with E-state index in [1.54, 1.807) is 20.8 Å². The van der Waals surface area contributed by atoms with Gasteiger partial charge in [0.15, 0.2) is 5.60 Å². The van der Waals surface area contributed by atoms with Crippen molar-refractivity contribution in [3.8, 4) is 0 Å². The number of hydrogen-bond donors (Lipinski definition) is 2. The predicted octanol–water partition coefficient (Wildman–Crippen LogP) is -0.169. The maximum atomic E-state index is 12.2. The molecular weight excluding hydrogens is 298 g/mol. The molecule has 23 heavy (non-hydrogen) atoms. The van der Waals surface area contributed by atoms with Gasteiger partial charge in [0, 0.05) is 26.2 Å². The highest BCUT2D eigenvalue weighted by molar-refractivity contribution is 5.84. The van der Waals surface area contributed by atoms with E-state index in [0.29, 0.717) is 0 Å². The van der Waals surface area contributed by atoms with Crippen LogP contribution in [0.4, 0.5) is 0 Å². The summed E-state index contributed by atoms with van der Waals surface area (Å²) in [6, 6.07) is -0.293. The van der Waals surface area contributed by atoms with Crippen molar-refractivity contribution in [1.29, 1.82) is 0 Å². The van der Waals surface area contributed by atoms with Crippen LogP contribution in [0.1, 0.15) is 34.6 Å². The summed E-state index contributed by atoms with van der Waals surface area (Å²) in [4.78, 5) is 28.5. The first-order chi connectivity index (χ1) is 10.4. The summed E-state index contributed by atoms with van der Waals surface area (Å²) in [6.45, 7) is 11.7. The number of carbonyl (C=O) groups excluding carboxylic acids is 2. The molecule has 0 aromatic rings. The summed E-state index contributed by atoms with van der Waals surface area (Å²) in [7, 11) is 2.06. The van der Waals surface area contributed by atoms with Crippen molar-refractivity contribution in [2.75, 3.05) is 39.8 Å². The molecule has 1 aliphatic heterocycles. The first-order valence-corrected chi connectivity index (χ1v) is 8.08. The maximum Gasteiger partial charge on any atom is 0.340 e. The standard InChI is InChI=1S/C16H31N3O4/c1-12(19-9-7-18(6)8-10-19)13(20)17-11-16(5,22)14(21)23-15(2,3)4/h12,22H,7-11H2,1-6H3,(H,17,20)/t12-,16-/m0/s1. The van der Waals surface area contributed by atoms with Crippen LogP contribution in [0.15, 0.2) is 0 Å². The highest BCUT2D eigenvalue weighted by Crippen LogP contribution is 2.14. The quantitative estimate of drug-likeness (QED) is 0.682. The van der Waals surface area contributed by atoms with Gasteiger partial charge in [-0.2, -0.15) is 0 Å². The van der Waals surface area contributed by atoms with E-state index < -0.39 is 17.2 Å². The zero-order valence-electron chi connectivity index (χ0n) is 15.2. The summed E-state index contributed by atoms with van der Waals surface area (Å²) >= 11 is 0. The Morgan fingerprint density at radius 1 is 1.17 bits per heavy atom. The molecule has 0 radical (unpaired) electrons. The maximum absolute atomic E-state index is 12.2. The molecule has 0 aliphatic carbocycles. The van der Waals surface area contributed by atoms with E-state index in [2.05, 4.69) is 22.2 Å². The van der Waals surface area contributed by atoms with Crippen LogP contribution in [0.3, 0.4) is 0 Å². The van der Waals surface area contributed by atoms with Crippen LogP contribution < -0.4 is 5.32 Å². The molecule has 134 valence electrons. The Balaban J connectivity index is 2.49. The smallest absolute Gasteiger partial charge is 0.340 e. The van der Waals surface area contributed by atoms with Crippen molar-refractivity contribution in [3.05, 3.63) is 0 Å². The lowest BCUT2D eigenvalue weighted by molar-refractivity contribution is -0.175. The molecule has 1 heterocycles. The number of rotatable bonds is 5. The fourth-order valence-corrected chi connectivity index (χ4v) is 2.24. The number of hydrogen-bond acceptors (Lipinski definition) is 6. The molecule has 1 amide bonds. The summed E-state index contributed by atoms with van der Waals surface area (Å²) in [6.07, 6.45) is 0. The molecule has 1 fully saturated rings. The van der Waals surface area contributed by atoms with Crippen LogP contribution in [-0.2, 0) is 14.3 Å². The second kappa shape index (κ2) is 7.59. The molecular formula is C16H31N3O4. The molecule has 0 bridgehead atoms. The molecule has 0 saturated carbocycles. The lowest BCUT2D eigenvalue weighted by Gasteiger charge is -2.36. The van der Waals surface area contributed by atoms with E-state index in [-0.39, 0.29) is 18.5 Å². The SMILES string of the molecule is C[C@@H](C(=O)NC[C@](C)(O)C(=O)OC(C)(C)C)N1CCN(C)CC1. The average Bonchev–Trinajstić information content (AvgIpc) is 2.43. The van der Waals surface area contributed by atoms with E-state index in [1.165, 1.54) is 6.92 Å². The van der Waals surface area contributed by atoms with Gasteiger partial charge in [-0.25, -0.2) is 4.79 Å². The minimum Gasteiger partial charge on any atom is -0.458 e. The van der Waals surface area contributed by atoms with Gasteiger partial charge in [0.2, 0.25) is 5.91 Å². The minimum atomic E-state index is -1.75. The number of nitrogens with one attached hydrogen (secondary N) is 1. The molecule has 0 unspecified atom stereocenters. The largest absolute Gasteiger partial charge is 0.458 e. The Bertz CT molecular complexity index is 424. The summed E-state index contributed by atoms with van der Waals surface area (Å²) in [5, 5.41) is 12.9. The van der Waals surface area contributed by atoms with Gasteiger partial charge in [-0.05, 0) is 41.7 Å². The molecule has 0 aromatic heterocycles. The molecule has 2 atom stereocenters. The van der Waals surface area contributed by atoms with Crippen molar-refractivity contribution in [2.45, 2.75) is 51.9 Å². The Labute approximate surface area is 139 Å². The van der Waals surface area contributed by atoms with Crippen molar-refractivity contribution < 1.29 is 19.4 Å². The Morgan fingerprint density at radius 2 is 1.70 bits per heavy atom.